The van der Waals surface area contributed by atoms with Gasteiger partial charge in [0.25, 0.3) is 0 Å². The van der Waals surface area contributed by atoms with Crippen molar-refractivity contribution < 1.29 is 14.6 Å². The van der Waals surface area contributed by atoms with E-state index in [0.29, 0.717) is 12.2 Å². The first-order valence-electron chi connectivity index (χ1n) is 9.03. The molecule has 0 spiro atoms. The van der Waals surface area contributed by atoms with E-state index in [2.05, 4.69) is 6.92 Å². The summed E-state index contributed by atoms with van der Waals surface area (Å²) in [5, 5.41) is 10.7. The Balaban J connectivity index is 3.08. The fraction of sp³-hybridized carbons (Fsp3) is 0.667. The van der Waals surface area contributed by atoms with Crippen LogP contribution >= 0.6 is 0 Å². The Morgan fingerprint density at radius 3 is 1.88 bits per heavy atom. The van der Waals surface area contributed by atoms with Crippen molar-refractivity contribution in [3.63, 3.8) is 0 Å². The van der Waals surface area contributed by atoms with Gasteiger partial charge in [0.05, 0.1) is 12.2 Å². The van der Waals surface area contributed by atoms with Crippen LogP contribution in [0.1, 0.15) is 95.6 Å². The smallest absolute Gasteiger partial charge is 0.338 e. The summed E-state index contributed by atoms with van der Waals surface area (Å²) in [6.45, 7) is 14.8. The second-order valence-corrected chi connectivity index (χ2v) is 8.62. The number of rotatable bonds is 6. The summed E-state index contributed by atoms with van der Waals surface area (Å²) in [4.78, 5) is 12.4. The van der Waals surface area contributed by atoms with E-state index in [1.165, 1.54) is 6.42 Å². The minimum atomic E-state index is -0.303. The van der Waals surface area contributed by atoms with Crippen molar-refractivity contribution in [2.24, 2.45) is 0 Å². The van der Waals surface area contributed by atoms with Crippen molar-refractivity contribution in [1.29, 1.82) is 0 Å². The van der Waals surface area contributed by atoms with Crippen LogP contribution in [0, 0.1) is 0 Å². The first-order valence-corrected chi connectivity index (χ1v) is 9.03. The molecule has 0 atom stereocenters. The fourth-order valence-electron chi connectivity index (χ4n) is 2.67. The lowest BCUT2D eigenvalue weighted by atomic mass is 9.78. The minimum Gasteiger partial charge on any atom is -0.507 e. The molecule has 3 heteroatoms. The van der Waals surface area contributed by atoms with E-state index in [1.807, 2.05) is 41.5 Å². The molecule has 1 rings (SSSR count). The second kappa shape index (κ2) is 8.04. The SMILES string of the molecule is CCCCCCOC(=O)c1cc(C(C)(C)C)c(O)c(C(C)(C)C)c1. The average molecular weight is 335 g/mol. The normalized spacial score (nSPS) is 12.3. The zero-order chi connectivity index (χ0) is 18.5. The van der Waals surface area contributed by atoms with E-state index < -0.39 is 0 Å². The molecule has 0 radical (unpaired) electrons. The highest BCUT2D eigenvalue weighted by Crippen LogP contribution is 2.39. The molecule has 0 heterocycles. The Kier molecular flexibility index (Phi) is 6.88. The Hall–Kier alpha value is -1.51. The number of benzene rings is 1. The Morgan fingerprint density at radius 2 is 1.46 bits per heavy atom. The van der Waals surface area contributed by atoms with Crippen molar-refractivity contribution in [3.05, 3.63) is 28.8 Å². The number of carbonyl (C=O) groups is 1. The molecule has 0 aliphatic heterocycles. The Bertz CT molecular complexity index is 524. The number of unbranched alkanes of at least 4 members (excludes halogenated alkanes) is 3. The highest BCUT2D eigenvalue weighted by atomic mass is 16.5. The van der Waals surface area contributed by atoms with Gasteiger partial charge in [0, 0.05) is 11.1 Å². The molecule has 0 saturated carbocycles. The molecule has 0 saturated heterocycles. The van der Waals surface area contributed by atoms with E-state index in [9.17, 15) is 9.90 Å². The number of phenolic OH excluding ortho intramolecular Hbond substituents is 1. The van der Waals surface area contributed by atoms with Crippen molar-refractivity contribution in [3.8, 4) is 5.75 Å². The molecule has 0 fully saturated rings. The maximum atomic E-state index is 12.4. The second-order valence-electron chi connectivity index (χ2n) is 8.62. The van der Waals surface area contributed by atoms with Gasteiger partial charge in [-0.15, -0.1) is 0 Å². The first-order chi connectivity index (χ1) is 11.0. The van der Waals surface area contributed by atoms with Crippen LogP contribution in [0.15, 0.2) is 12.1 Å². The predicted molar refractivity (Wildman–Crippen MR) is 99.9 cm³/mol. The quantitative estimate of drug-likeness (QED) is 0.534. The molecular weight excluding hydrogens is 300 g/mol. The van der Waals surface area contributed by atoms with E-state index in [1.54, 1.807) is 12.1 Å². The van der Waals surface area contributed by atoms with E-state index in [0.717, 1.165) is 30.4 Å². The van der Waals surface area contributed by atoms with Gasteiger partial charge >= 0.3 is 5.97 Å². The van der Waals surface area contributed by atoms with Crippen molar-refractivity contribution >= 4 is 5.97 Å². The van der Waals surface area contributed by atoms with Crippen LogP contribution in [0.4, 0.5) is 0 Å². The van der Waals surface area contributed by atoms with Gasteiger partial charge in [-0.2, -0.15) is 0 Å². The van der Waals surface area contributed by atoms with Gasteiger partial charge in [0.2, 0.25) is 0 Å². The van der Waals surface area contributed by atoms with Crippen LogP contribution in [0.5, 0.6) is 5.75 Å². The summed E-state index contributed by atoms with van der Waals surface area (Å²) in [5.41, 5.74) is 1.60. The number of esters is 1. The topological polar surface area (TPSA) is 46.5 Å². The minimum absolute atomic E-state index is 0.249. The molecule has 0 aliphatic rings. The summed E-state index contributed by atoms with van der Waals surface area (Å²) >= 11 is 0. The third-order valence-electron chi connectivity index (χ3n) is 4.19. The summed E-state index contributed by atoms with van der Waals surface area (Å²) in [6.07, 6.45) is 4.31. The Labute approximate surface area is 147 Å². The molecule has 24 heavy (non-hydrogen) atoms. The van der Waals surface area contributed by atoms with Crippen LogP contribution in [0.25, 0.3) is 0 Å². The summed E-state index contributed by atoms with van der Waals surface area (Å²) in [7, 11) is 0. The van der Waals surface area contributed by atoms with Crippen molar-refractivity contribution in [1.82, 2.24) is 0 Å². The van der Waals surface area contributed by atoms with Gasteiger partial charge in [-0.3, -0.25) is 0 Å². The van der Waals surface area contributed by atoms with Gasteiger partial charge in [-0.1, -0.05) is 67.7 Å². The van der Waals surface area contributed by atoms with Gasteiger partial charge in [0.15, 0.2) is 0 Å². The highest BCUT2D eigenvalue weighted by molar-refractivity contribution is 5.90. The fourth-order valence-corrected chi connectivity index (χ4v) is 2.67. The largest absolute Gasteiger partial charge is 0.507 e. The monoisotopic (exact) mass is 334 g/mol. The first kappa shape index (κ1) is 20.5. The Morgan fingerprint density at radius 1 is 0.958 bits per heavy atom. The zero-order valence-electron chi connectivity index (χ0n) is 16.5. The number of hydrogen-bond acceptors (Lipinski definition) is 3. The van der Waals surface area contributed by atoms with E-state index in [-0.39, 0.29) is 22.5 Å². The number of phenols is 1. The van der Waals surface area contributed by atoms with Crippen LogP contribution < -0.4 is 0 Å². The maximum Gasteiger partial charge on any atom is 0.338 e. The standard InChI is InChI=1S/C21H34O3/c1-8-9-10-11-12-24-19(23)15-13-16(20(2,3)4)18(22)17(14-15)21(5,6)7/h13-14,22H,8-12H2,1-7H3. The number of aromatic hydroxyl groups is 1. The van der Waals surface area contributed by atoms with Crippen LogP contribution in [0.2, 0.25) is 0 Å². The third-order valence-corrected chi connectivity index (χ3v) is 4.19. The number of ether oxygens (including phenoxy) is 1. The van der Waals surface area contributed by atoms with Gasteiger partial charge < -0.3 is 9.84 Å². The van der Waals surface area contributed by atoms with Crippen LogP contribution in [-0.2, 0) is 15.6 Å². The highest BCUT2D eigenvalue weighted by Gasteiger charge is 2.28. The third kappa shape index (κ3) is 5.54. The molecule has 1 N–H and O–H groups in total. The van der Waals surface area contributed by atoms with E-state index >= 15 is 0 Å². The molecule has 0 amide bonds. The summed E-state index contributed by atoms with van der Waals surface area (Å²) in [5.74, 6) is -0.0167. The molecule has 0 bridgehead atoms. The molecule has 136 valence electrons. The van der Waals surface area contributed by atoms with Gasteiger partial charge in [-0.05, 0) is 29.4 Å². The van der Waals surface area contributed by atoms with E-state index in [4.69, 9.17) is 4.74 Å². The van der Waals surface area contributed by atoms with Crippen molar-refractivity contribution in [2.75, 3.05) is 6.61 Å². The molecule has 3 nitrogen and oxygen atoms in total. The molecule has 1 aromatic rings. The molecule has 1 aromatic carbocycles. The summed E-state index contributed by atoms with van der Waals surface area (Å²) < 4.78 is 5.43. The number of hydrogen-bond donors (Lipinski definition) is 1. The molecule has 0 aromatic heterocycles. The van der Waals surface area contributed by atoms with Crippen LogP contribution in [-0.4, -0.2) is 17.7 Å². The lowest BCUT2D eigenvalue weighted by Crippen LogP contribution is -2.19. The number of carbonyl (C=O) groups excluding carboxylic acids is 1. The average Bonchev–Trinajstić information content (AvgIpc) is 2.44. The summed E-state index contributed by atoms with van der Waals surface area (Å²) in [6, 6.07) is 3.55. The maximum absolute atomic E-state index is 12.4. The predicted octanol–water partition coefficient (Wildman–Crippen LogP) is 5.72. The van der Waals surface area contributed by atoms with Crippen molar-refractivity contribution in [2.45, 2.75) is 85.0 Å². The lowest BCUT2D eigenvalue weighted by molar-refractivity contribution is 0.0497. The van der Waals surface area contributed by atoms with Crippen LogP contribution in [0.3, 0.4) is 0 Å². The van der Waals surface area contributed by atoms with Gasteiger partial charge in [0.1, 0.15) is 5.75 Å². The molecular formula is C21H34O3. The molecule has 0 aliphatic carbocycles. The van der Waals surface area contributed by atoms with Gasteiger partial charge in [-0.25, -0.2) is 4.79 Å². The zero-order valence-corrected chi connectivity index (χ0v) is 16.5. The molecule has 0 unspecified atom stereocenters. The lowest BCUT2D eigenvalue weighted by Gasteiger charge is -2.28.